The molecular formula is C22H28F5NOS2. The summed E-state index contributed by atoms with van der Waals surface area (Å²) in [6.45, 7) is 0. The first kappa shape index (κ1) is 26.2. The minimum Gasteiger partial charge on any atom is -0.267 e. The Kier molecular flexibility index (Phi) is 10.8. The van der Waals surface area contributed by atoms with Gasteiger partial charge in [-0.05, 0) is 48.7 Å². The molecule has 2 nitrogen and oxygen atoms in total. The van der Waals surface area contributed by atoms with Crippen LogP contribution < -0.4 is 0 Å². The van der Waals surface area contributed by atoms with E-state index in [2.05, 4.69) is 4.99 Å². The first-order valence-electron chi connectivity index (χ1n) is 10.6. The van der Waals surface area contributed by atoms with Gasteiger partial charge in [-0.2, -0.15) is 33.7 Å². The summed E-state index contributed by atoms with van der Waals surface area (Å²) in [4.78, 5) is 16.6. The lowest BCUT2D eigenvalue weighted by Gasteiger charge is -2.19. The molecule has 174 valence electrons. The second-order valence-corrected chi connectivity index (χ2v) is 9.88. The van der Waals surface area contributed by atoms with E-state index in [4.69, 9.17) is 0 Å². The van der Waals surface area contributed by atoms with E-state index >= 15 is 0 Å². The number of halogens is 5. The van der Waals surface area contributed by atoms with E-state index in [0.29, 0.717) is 11.3 Å². The summed E-state index contributed by atoms with van der Waals surface area (Å²) < 4.78 is 61.6. The van der Waals surface area contributed by atoms with Gasteiger partial charge in [0.2, 0.25) is 0 Å². The Hall–Kier alpha value is -1.09. The molecule has 0 saturated heterocycles. The van der Waals surface area contributed by atoms with Gasteiger partial charge in [0.25, 0.3) is 5.91 Å². The summed E-state index contributed by atoms with van der Waals surface area (Å²) >= 11 is 3.21. The maximum absolute atomic E-state index is 12.8. The third-order valence-electron chi connectivity index (χ3n) is 4.99. The van der Waals surface area contributed by atoms with Gasteiger partial charge in [0.05, 0.1) is 5.56 Å². The van der Waals surface area contributed by atoms with E-state index in [-0.39, 0.29) is 12.3 Å². The van der Waals surface area contributed by atoms with Crippen molar-refractivity contribution in [2.75, 3.05) is 17.3 Å². The lowest BCUT2D eigenvalue weighted by Crippen LogP contribution is -2.36. The van der Waals surface area contributed by atoms with Crippen molar-refractivity contribution in [3.8, 4) is 0 Å². The normalized spacial score (nSPS) is 13.8. The summed E-state index contributed by atoms with van der Waals surface area (Å²) in [6, 6.07) is 5.72. The Morgan fingerprint density at radius 1 is 0.806 bits per heavy atom. The molecule has 1 heterocycles. The van der Waals surface area contributed by atoms with E-state index in [9.17, 15) is 26.7 Å². The average molecular weight is 482 g/mol. The Bertz CT molecular complexity index is 737. The zero-order valence-corrected chi connectivity index (χ0v) is 19.0. The molecule has 1 aromatic rings. The fourth-order valence-corrected chi connectivity index (χ4v) is 5.22. The third kappa shape index (κ3) is 8.75. The highest BCUT2D eigenvalue weighted by Gasteiger charge is 2.56. The number of amides is 1. The summed E-state index contributed by atoms with van der Waals surface area (Å²) in [7, 11) is 0. The quantitative estimate of drug-likeness (QED) is 0.145. The number of carbonyl (C=O) groups is 1. The Morgan fingerprint density at radius 2 is 1.42 bits per heavy atom. The molecule has 0 aromatic heterocycles. The van der Waals surface area contributed by atoms with Crippen molar-refractivity contribution in [2.24, 2.45) is 4.99 Å². The van der Waals surface area contributed by atoms with E-state index in [1.54, 1.807) is 24.0 Å². The molecule has 2 rings (SSSR count). The number of rotatable bonds is 15. The van der Waals surface area contributed by atoms with E-state index < -0.39 is 18.5 Å². The van der Waals surface area contributed by atoms with Crippen molar-refractivity contribution in [1.82, 2.24) is 0 Å². The van der Waals surface area contributed by atoms with Gasteiger partial charge < -0.3 is 0 Å². The van der Waals surface area contributed by atoms with Crippen molar-refractivity contribution in [1.29, 1.82) is 0 Å². The molecule has 1 aliphatic rings. The van der Waals surface area contributed by atoms with Crippen LogP contribution >= 0.6 is 23.5 Å². The number of nitrogens with zero attached hydrogens (tertiary/aromatic N) is 1. The number of fused-ring (bicyclic) bond motifs is 1. The second-order valence-electron chi connectivity index (χ2n) is 7.52. The lowest BCUT2D eigenvalue weighted by atomic mass is 10.1. The van der Waals surface area contributed by atoms with Crippen LogP contribution in [0.5, 0.6) is 0 Å². The zero-order chi connectivity index (χ0) is 22.7. The van der Waals surface area contributed by atoms with Gasteiger partial charge in [-0.1, -0.05) is 38.2 Å². The molecule has 0 saturated carbocycles. The van der Waals surface area contributed by atoms with Gasteiger partial charge in [0, 0.05) is 23.1 Å². The fraction of sp³-hybridized carbons (Fsp3) is 0.636. The molecule has 0 unspecified atom stereocenters. The van der Waals surface area contributed by atoms with E-state index in [1.807, 2.05) is 12.1 Å². The molecule has 1 amide bonds. The maximum Gasteiger partial charge on any atom is 0.453 e. The smallest absolute Gasteiger partial charge is 0.267 e. The number of hydrogen-bond acceptors (Lipinski definition) is 3. The molecule has 9 heteroatoms. The minimum absolute atomic E-state index is 0.121. The Balaban J connectivity index is 1.39. The van der Waals surface area contributed by atoms with Crippen LogP contribution in [0.3, 0.4) is 0 Å². The summed E-state index contributed by atoms with van der Waals surface area (Å²) in [5.41, 5.74) is 1.62. The fourth-order valence-electron chi connectivity index (χ4n) is 3.19. The predicted octanol–water partition coefficient (Wildman–Crippen LogP) is 7.79. The van der Waals surface area contributed by atoms with Crippen molar-refractivity contribution in [2.45, 2.75) is 74.8 Å². The van der Waals surface area contributed by atoms with Crippen LogP contribution in [0.1, 0.15) is 73.7 Å². The zero-order valence-electron chi connectivity index (χ0n) is 17.4. The highest BCUT2D eigenvalue weighted by atomic mass is 32.2. The lowest BCUT2D eigenvalue weighted by molar-refractivity contribution is -0.284. The van der Waals surface area contributed by atoms with Crippen LogP contribution in [-0.4, -0.2) is 41.5 Å². The van der Waals surface area contributed by atoms with Crippen molar-refractivity contribution in [3.05, 3.63) is 29.3 Å². The van der Waals surface area contributed by atoms with Gasteiger partial charge >= 0.3 is 12.1 Å². The van der Waals surface area contributed by atoms with Crippen molar-refractivity contribution < 1.29 is 26.7 Å². The number of alkyl halides is 5. The Morgan fingerprint density at radius 3 is 2.10 bits per heavy atom. The first-order chi connectivity index (χ1) is 14.7. The maximum atomic E-state index is 12.8. The molecule has 31 heavy (non-hydrogen) atoms. The van der Waals surface area contributed by atoms with Crippen LogP contribution in [0.15, 0.2) is 28.1 Å². The molecule has 0 spiro atoms. The monoisotopic (exact) mass is 481 g/mol. The number of carbonyl (C=O) groups excluding carboxylic acids is 1. The standard InChI is InChI=1S/C22H28F5NOS2/c23-21(24,22(25,26)27)12-9-14-30-13-6-4-2-1-3-5-7-15-31-19-11-8-10-17-18(19)16-28-20(17)29/h8,10-11,16H,1-7,9,12-15H2. The highest BCUT2D eigenvalue weighted by molar-refractivity contribution is 7.99. The summed E-state index contributed by atoms with van der Waals surface area (Å²) in [6.07, 6.45) is 2.68. The van der Waals surface area contributed by atoms with Gasteiger partial charge in [-0.25, -0.2) is 4.99 Å². The van der Waals surface area contributed by atoms with Crippen LogP contribution in [0.2, 0.25) is 0 Å². The number of aliphatic imine (C=N–C) groups is 1. The van der Waals surface area contributed by atoms with Crippen LogP contribution in [0, 0.1) is 0 Å². The van der Waals surface area contributed by atoms with Crippen molar-refractivity contribution in [3.63, 3.8) is 0 Å². The van der Waals surface area contributed by atoms with Crippen LogP contribution in [0.4, 0.5) is 22.0 Å². The molecule has 0 bridgehead atoms. The molecule has 0 fully saturated rings. The first-order valence-corrected chi connectivity index (χ1v) is 12.7. The van der Waals surface area contributed by atoms with Gasteiger partial charge in [-0.3, -0.25) is 4.79 Å². The van der Waals surface area contributed by atoms with Crippen LogP contribution in [-0.2, 0) is 0 Å². The molecule has 0 N–H and O–H groups in total. The molecule has 0 radical (unpaired) electrons. The third-order valence-corrected chi connectivity index (χ3v) is 7.31. The summed E-state index contributed by atoms with van der Waals surface area (Å²) in [5.74, 6) is -2.59. The largest absolute Gasteiger partial charge is 0.453 e. The number of thioether (sulfide) groups is 2. The minimum atomic E-state index is -5.44. The van der Waals surface area contributed by atoms with E-state index in [0.717, 1.165) is 66.9 Å². The number of benzene rings is 1. The van der Waals surface area contributed by atoms with Crippen LogP contribution in [0.25, 0.3) is 0 Å². The molecular weight excluding hydrogens is 453 g/mol. The van der Waals surface area contributed by atoms with Gasteiger partial charge in [0.15, 0.2) is 0 Å². The van der Waals surface area contributed by atoms with Gasteiger partial charge in [0.1, 0.15) is 0 Å². The predicted molar refractivity (Wildman–Crippen MR) is 119 cm³/mol. The van der Waals surface area contributed by atoms with Crippen molar-refractivity contribution >= 4 is 35.6 Å². The summed E-state index contributed by atoms with van der Waals surface area (Å²) in [5, 5.41) is 0. The van der Waals surface area contributed by atoms with Gasteiger partial charge in [-0.15, -0.1) is 11.8 Å². The second kappa shape index (κ2) is 12.8. The molecule has 0 aliphatic carbocycles. The topological polar surface area (TPSA) is 29.4 Å². The highest BCUT2D eigenvalue weighted by Crippen LogP contribution is 2.39. The molecule has 0 atom stereocenters. The molecule has 1 aromatic carbocycles. The number of unbranched alkanes of at least 4 members (excludes halogenated alkanes) is 6. The average Bonchev–Trinajstić information content (AvgIpc) is 3.09. The SMILES string of the molecule is O=C1N=Cc2c(SCCCCCCCCCSCCCC(F)(F)C(F)(F)F)cccc21. The Labute approximate surface area is 188 Å². The molecule has 1 aliphatic heterocycles. The number of hydrogen-bond donors (Lipinski definition) is 0. The van der Waals surface area contributed by atoms with E-state index in [1.165, 1.54) is 11.8 Å².